The van der Waals surface area contributed by atoms with E-state index in [9.17, 15) is 8.42 Å². The van der Waals surface area contributed by atoms with Crippen molar-refractivity contribution >= 4 is 15.8 Å². The monoisotopic (exact) mass is 273 g/mol. The Bertz CT molecular complexity index is 731. The number of fused-ring (bicyclic) bond motifs is 3. The first kappa shape index (κ1) is 11.9. The van der Waals surface area contributed by atoms with Crippen LogP contribution in [0.3, 0.4) is 0 Å². The minimum absolute atomic E-state index is 0.552. The molecule has 0 heterocycles. The average Bonchev–Trinajstić information content (AvgIpc) is 2.70. The molecule has 0 saturated carbocycles. The molecule has 96 valence electrons. The van der Waals surface area contributed by atoms with Crippen LogP contribution in [0.25, 0.3) is 11.1 Å². The van der Waals surface area contributed by atoms with Crippen molar-refractivity contribution < 1.29 is 12.7 Å². The van der Waals surface area contributed by atoms with Crippen LogP contribution in [0.15, 0.2) is 53.7 Å². The van der Waals surface area contributed by atoms with Gasteiger partial charge in [0.05, 0.1) is 6.26 Å². The van der Waals surface area contributed by atoms with Crippen molar-refractivity contribution in [2.75, 3.05) is 6.26 Å². The molecule has 1 aliphatic rings. The third kappa shape index (κ3) is 2.13. The molecule has 2 aromatic rings. The SMILES string of the molecule is CS(=O)(=O)ON=C1c2ccccc2-c2ccccc21. The highest BCUT2D eigenvalue weighted by Gasteiger charge is 2.24. The number of benzene rings is 2. The first-order valence-corrected chi connectivity index (χ1v) is 7.54. The van der Waals surface area contributed by atoms with Crippen LogP contribution in [0.1, 0.15) is 11.1 Å². The molecule has 0 atom stereocenters. The van der Waals surface area contributed by atoms with Gasteiger partial charge in [0, 0.05) is 11.1 Å². The van der Waals surface area contributed by atoms with Crippen molar-refractivity contribution in [2.24, 2.45) is 5.16 Å². The van der Waals surface area contributed by atoms with Crippen LogP contribution in [0, 0.1) is 0 Å². The van der Waals surface area contributed by atoms with Crippen LogP contribution in [0.2, 0.25) is 0 Å². The van der Waals surface area contributed by atoms with Gasteiger partial charge in [-0.05, 0) is 11.1 Å². The van der Waals surface area contributed by atoms with Crippen molar-refractivity contribution in [3.05, 3.63) is 59.7 Å². The van der Waals surface area contributed by atoms with Crippen molar-refractivity contribution in [1.82, 2.24) is 0 Å². The predicted octanol–water partition coefficient (Wildman–Crippen LogP) is 2.40. The molecule has 4 nitrogen and oxygen atoms in total. The Labute approximate surface area is 111 Å². The number of nitrogens with zero attached hydrogens (tertiary/aromatic N) is 1. The summed E-state index contributed by atoms with van der Waals surface area (Å²) in [5.74, 6) is 0. The minimum atomic E-state index is -3.60. The summed E-state index contributed by atoms with van der Waals surface area (Å²) in [6.45, 7) is 0. The van der Waals surface area contributed by atoms with Gasteiger partial charge in [0.25, 0.3) is 0 Å². The first-order chi connectivity index (χ1) is 9.06. The lowest BCUT2D eigenvalue weighted by molar-refractivity contribution is 0.343. The molecule has 0 aliphatic heterocycles. The third-order valence-corrected chi connectivity index (χ3v) is 3.26. The first-order valence-electron chi connectivity index (χ1n) is 5.72. The smallest absolute Gasteiger partial charge is 0.268 e. The molecule has 0 aromatic heterocycles. The number of hydrogen-bond donors (Lipinski definition) is 0. The molecule has 0 radical (unpaired) electrons. The minimum Gasteiger partial charge on any atom is -0.268 e. The Morgan fingerprint density at radius 1 is 0.842 bits per heavy atom. The number of hydrogen-bond acceptors (Lipinski definition) is 4. The molecule has 0 saturated heterocycles. The summed E-state index contributed by atoms with van der Waals surface area (Å²) in [6, 6.07) is 15.4. The highest BCUT2D eigenvalue weighted by molar-refractivity contribution is 7.85. The second kappa shape index (κ2) is 4.20. The quantitative estimate of drug-likeness (QED) is 0.674. The van der Waals surface area contributed by atoms with Crippen LogP contribution < -0.4 is 0 Å². The van der Waals surface area contributed by atoms with Gasteiger partial charge < -0.3 is 0 Å². The maximum absolute atomic E-state index is 11.1. The molecule has 5 heteroatoms. The zero-order chi connectivity index (χ0) is 13.5. The van der Waals surface area contributed by atoms with Crippen LogP contribution in [0.5, 0.6) is 0 Å². The van der Waals surface area contributed by atoms with Crippen molar-refractivity contribution in [2.45, 2.75) is 0 Å². The van der Waals surface area contributed by atoms with E-state index in [0.717, 1.165) is 28.5 Å². The fourth-order valence-electron chi connectivity index (χ4n) is 2.20. The van der Waals surface area contributed by atoms with Crippen molar-refractivity contribution in [3.63, 3.8) is 0 Å². The molecule has 0 bridgehead atoms. The van der Waals surface area contributed by atoms with Gasteiger partial charge in [-0.3, -0.25) is 4.28 Å². The summed E-state index contributed by atoms with van der Waals surface area (Å²) in [7, 11) is -3.60. The standard InChI is InChI=1S/C14H11NO3S/c1-19(16,17)18-15-14-12-8-4-2-6-10(12)11-7-3-5-9-13(11)14/h2-9H,1H3. The van der Waals surface area contributed by atoms with Crippen molar-refractivity contribution in [3.8, 4) is 11.1 Å². The van der Waals surface area contributed by atoms with E-state index in [0.29, 0.717) is 5.71 Å². The normalized spacial score (nSPS) is 12.8. The lowest BCUT2D eigenvalue weighted by atomic mass is 10.1. The van der Waals surface area contributed by atoms with E-state index in [2.05, 4.69) is 9.44 Å². The summed E-state index contributed by atoms with van der Waals surface area (Å²) in [5, 5.41) is 3.81. The van der Waals surface area contributed by atoms with Gasteiger partial charge in [-0.2, -0.15) is 8.42 Å². The van der Waals surface area contributed by atoms with E-state index in [-0.39, 0.29) is 0 Å². The van der Waals surface area contributed by atoms with Crippen LogP contribution >= 0.6 is 0 Å². The van der Waals surface area contributed by atoms with E-state index < -0.39 is 10.1 Å². The van der Waals surface area contributed by atoms with Crippen LogP contribution in [-0.4, -0.2) is 20.4 Å². The van der Waals surface area contributed by atoms with Crippen molar-refractivity contribution in [1.29, 1.82) is 0 Å². The van der Waals surface area contributed by atoms with Gasteiger partial charge in [-0.25, -0.2) is 0 Å². The summed E-state index contributed by atoms with van der Waals surface area (Å²) >= 11 is 0. The molecule has 2 aromatic carbocycles. The molecule has 0 fully saturated rings. The largest absolute Gasteiger partial charge is 0.325 e. The molecular weight excluding hydrogens is 262 g/mol. The second-order valence-electron chi connectivity index (χ2n) is 4.31. The zero-order valence-corrected chi connectivity index (χ0v) is 11.0. The molecule has 0 N–H and O–H groups in total. The zero-order valence-electron chi connectivity index (χ0n) is 10.2. The molecule has 0 amide bonds. The summed E-state index contributed by atoms with van der Waals surface area (Å²) in [5.41, 5.74) is 4.39. The molecule has 3 rings (SSSR count). The Morgan fingerprint density at radius 2 is 1.26 bits per heavy atom. The maximum Gasteiger partial charge on any atom is 0.325 e. The van der Waals surface area contributed by atoms with E-state index in [4.69, 9.17) is 0 Å². The Kier molecular flexibility index (Phi) is 2.64. The topological polar surface area (TPSA) is 55.7 Å². The Balaban J connectivity index is 2.20. The van der Waals surface area contributed by atoms with Crippen LogP contribution in [-0.2, 0) is 14.4 Å². The van der Waals surface area contributed by atoms with Gasteiger partial charge in [-0.1, -0.05) is 53.7 Å². The molecule has 0 spiro atoms. The second-order valence-corrected chi connectivity index (χ2v) is 5.87. The molecule has 0 unspecified atom stereocenters. The summed E-state index contributed by atoms with van der Waals surface area (Å²) in [4.78, 5) is 0. The molecule has 1 aliphatic carbocycles. The molecular formula is C14H11NO3S. The van der Waals surface area contributed by atoms with Gasteiger partial charge in [0.2, 0.25) is 0 Å². The lowest BCUT2D eigenvalue weighted by Crippen LogP contribution is -2.03. The van der Waals surface area contributed by atoms with E-state index in [1.54, 1.807) is 0 Å². The highest BCUT2D eigenvalue weighted by atomic mass is 32.2. The fourth-order valence-corrected chi connectivity index (χ4v) is 2.41. The third-order valence-electron chi connectivity index (χ3n) is 2.92. The highest BCUT2D eigenvalue weighted by Crippen LogP contribution is 2.36. The maximum atomic E-state index is 11.1. The summed E-state index contributed by atoms with van der Waals surface area (Å²) < 4.78 is 26.8. The van der Waals surface area contributed by atoms with Crippen LogP contribution in [0.4, 0.5) is 0 Å². The lowest BCUT2D eigenvalue weighted by Gasteiger charge is -2.00. The fraction of sp³-hybridized carbons (Fsp3) is 0.0714. The Morgan fingerprint density at radius 3 is 1.68 bits per heavy atom. The van der Waals surface area contributed by atoms with Gasteiger partial charge >= 0.3 is 10.1 Å². The van der Waals surface area contributed by atoms with Gasteiger partial charge in [0.15, 0.2) is 0 Å². The average molecular weight is 273 g/mol. The van der Waals surface area contributed by atoms with E-state index >= 15 is 0 Å². The number of oxime groups is 1. The van der Waals surface area contributed by atoms with E-state index in [1.165, 1.54) is 0 Å². The predicted molar refractivity (Wildman–Crippen MR) is 73.4 cm³/mol. The summed E-state index contributed by atoms with van der Waals surface area (Å²) in [6.07, 6.45) is 0.976. The van der Waals surface area contributed by atoms with Gasteiger partial charge in [-0.15, -0.1) is 0 Å². The number of rotatable bonds is 2. The Hall–Kier alpha value is -2.14. The van der Waals surface area contributed by atoms with Gasteiger partial charge in [0.1, 0.15) is 5.71 Å². The molecule has 19 heavy (non-hydrogen) atoms. The van der Waals surface area contributed by atoms with E-state index in [1.807, 2.05) is 48.5 Å².